The van der Waals surface area contributed by atoms with Gasteiger partial charge >= 0.3 is 0 Å². The molecule has 0 saturated carbocycles. The number of nitrogen functional groups attached to an aromatic ring is 1. The van der Waals surface area contributed by atoms with Crippen molar-refractivity contribution < 1.29 is 0 Å². The first-order chi connectivity index (χ1) is 9.25. The van der Waals surface area contributed by atoms with Gasteiger partial charge in [0.15, 0.2) is 0 Å². The van der Waals surface area contributed by atoms with Gasteiger partial charge in [-0.2, -0.15) is 0 Å². The fourth-order valence-corrected chi connectivity index (χ4v) is 3.28. The van der Waals surface area contributed by atoms with E-state index in [9.17, 15) is 0 Å². The zero-order valence-electron chi connectivity index (χ0n) is 12.6. The van der Waals surface area contributed by atoms with Crippen LogP contribution in [0.3, 0.4) is 0 Å². The Balaban J connectivity index is 2.03. The summed E-state index contributed by atoms with van der Waals surface area (Å²) in [6.45, 7) is 4.39. The second kappa shape index (κ2) is 10.2. The molecule has 0 amide bonds. The lowest BCUT2D eigenvalue weighted by molar-refractivity contribution is 0.586. The zero-order valence-corrected chi connectivity index (χ0v) is 13.4. The monoisotopic (exact) mass is 279 g/mol. The molecule has 0 unspecified atom stereocenters. The Morgan fingerprint density at radius 1 is 0.947 bits per heavy atom. The third-order valence-corrected chi connectivity index (χ3v) is 4.83. The highest BCUT2D eigenvalue weighted by atomic mass is 32.2. The topological polar surface area (TPSA) is 26.0 Å². The fraction of sp³-hybridized carbons (Fsp3) is 0.647. The molecule has 0 saturated heterocycles. The Hall–Kier alpha value is -0.630. The number of thioether (sulfide) groups is 1. The fourth-order valence-electron chi connectivity index (χ4n) is 2.21. The van der Waals surface area contributed by atoms with E-state index in [4.69, 9.17) is 5.73 Å². The molecule has 2 heteroatoms. The van der Waals surface area contributed by atoms with Crippen molar-refractivity contribution in [3.8, 4) is 0 Å². The normalized spacial score (nSPS) is 10.8. The summed E-state index contributed by atoms with van der Waals surface area (Å²) in [5.41, 5.74) is 8.08. The number of nitrogens with two attached hydrogens (primary N) is 1. The van der Waals surface area contributed by atoms with E-state index in [1.807, 2.05) is 17.8 Å². The summed E-state index contributed by atoms with van der Waals surface area (Å²) in [5, 5.41) is 0. The quantitative estimate of drug-likeness (QED) is 0.332. The van der Waals surface area contributed by atoms with Crippen LogP contribution in [0, 0.1) is 6.92 Å². The number of hydrogen-bond donors (Lipinski definition) is 1. The molecule has 0 aliphatic carbocycles. The van der Waals surface area contributed by atoms with Crippen LogP contribution in [0.4, 0.5) is 5.69 Å². The van der Waals surface area contributed by atoms with Crippen LogP contribution < -0.4 is 5.73 Å². The van der Waals surface area contributed by atoms with Crippen LogP contribution in [0.15, 0.2) is 23.1 Å². The van der Waals surface area contributed by atoms with Gasteiger partial charge in [0.2, 0.25) is 0 Å². The van der Waals surface area contributed by atoms with Gasteiger partial charge in [-0.15, -0.1) is 11.8 Å². The number of hydrogen-bond acceptors (Lipinski definition) is 2. The summed E-state index contributed by atoms with van der Waals surface area (Å²) in [6.07, 6.45) is 11.1. The molecule has 0 aromatic heterocycles. The van der Waals surface area contributed by atoms with Crippen molar-refractivity contribution in [2.45, 2.75) is 70.1 Å². The van der Waals surface area contributed by atoms with Gasteiger partial charge in [0.1, 0.15) is 0 Å². The van der Waals surface area contributed by atoms with Crippen LogP contribution >= 0.6 is 11.8 Å². The first-order valence-corrected chi connectivity index (χ1v) is 8.72. The third kappa shape index (κ3) is 6.91. The molecule has 0 aliphatic rings. The van der Waals surface area contributed by atoms with Crippen molar-refractivity contribution in [3.05, 3.63) is 23.8 Å². The summed E-state index contributed by atoms with van der Waals surface area (Å²) >= 11 is 1.95. The molecule has 1 aromatic rings. The van der Waals surface area contributed by atoms with Gasteiger partial charge < -0.3 is 5.73 Å². The largest absolute Gasteiger partial charge is 0.398 e. The molecule has 0 spiro atoms. The standard InChI is InChI=1S/C17H29NS/c1-3-4-5-6-7-8-9-10-14-19-17-13-11-12-16(18)15(17)2/h11-13H,3-10,14,18H2,1-2H3. The summed E-state index contributed by atoms with van der Waals surface area (Å²) in [4.78, 5) is 1.35. The molecular formula is C17H29NS. The number of anilines is 1. The predicted octanol–water partition coefficient (Wildman–Crippen LogP) is 5.81. The highest BCUT2D eigenvalue weighted by Crippen LogP contribution is 2.27. The van der Waals surface area contributed by atoms with E-state index in [2.05, 4.69) is 26.0 Å². The summed E-state index contributed by atoms with van der Waals surface area (Å²) in [7, 11) is 0. The maximum atomic E-state index is 5.92. The van der Waals surface area contributed by atoms with Crippen molar-refractivity contribution in [2.75, 3.05) is 11.5 Å². The van der Waals surface area contributed by atoms with E-state index in [1.165, 1.54) is 67.6 Å². The Morgan fingerprint density at radius 3 is 2.26 bits per heavy atom. The van der Waals surface area contributed by atoms with Gasteiger partial charge in [0.25, 0.3) is 0 Å². The average molecular weight is 279 g/mol. The highest BCUT2D eigenvalue weighted by Gasteiger charge is 2.01. The Labute approximate surface area is 123 Å². The molecule has 1 nitrogen and oxygen atoms in total. The Bertz CT molecular complexity index is 349. The van der Waals surface area contributed by atoms with Crippen LogP contribution in [0.5, 0.6) is 0 Å². The maximum absolute atomic E-state index is 5.92. The first kappa shape index (κ1) is 16.4. The lowest BCUT2D eigenvalue weighted by Gasteiger charge is -2.07. The lowest BCUT2D eigenvalue weighted by atomic mass is 10.1. The average Bonchev–Trinajstić information content (AvgIpc) is 2.41. The van der Waals surface area contributed by atoms with Gasteiger partial charge in [-0.05, 0) is 36.8 Å². The van der Waals surface area contributed by atoms with Crippen LogP contribution in [0.25, 0.3) is 0 Å². The molecule has 0 bridgehead atoms. The molecule has 1 rings (SSSR count). The Morgan fingerprint density at radius 2 is 1.58 bits per heavy atom. The lowest BCUT2D eigenvalue weighted by Crippen LogP contribution is -1.91. The minimum absolute atomic E-state index is 0.918. The van der Waals surface area contributed by atoms with Gasteiger partial charge in [0, 0.05) is 10.6 Å². The van der Waals surface area contributed by atoms with E-state index in [0.717, 1.165) is 5.69 Å². The molecule has 0 radical (unpaired) electrons. The summed E-state index contributed by atoms with van der Waals surface area (Å²) < 4.78 is 0. The Kier molecular flexibility index (Phi) is 8.81. The third-order valence-electron chi connectivity index (χ3n) is 3.58. The number of benzene rings is 1. The van der Waals surface area contributed by atoms with E-state index in [-0.39, 0.29) is 0 Å². The minimum atomic E-state index is 0.918. The minimum Gasteiger partial charge on any atom is -0.398 e. The number of rotatable bonds is 10. The van der Waals surface area contributed by atoms with Crippen molar-refractivity contribution in [1.29, 1.82) is 0 Å². The number of unbranched alkanes of at least 4 members (excludes halogenated alkanes) is 7. The van der Waals surface area contributed by atoms with E-state index in [0.29, 0.717) is 0 Å². The van der Waals surface area contributed by atoms with Crippen LogP contribution in [-0.4, -0.2) is 5.75 Å². The second-order valence-corrected chi connectivity index (χ2v) is 6.43. The summed E-state index contributed by atoms with van der Waals surface area (Å²) in [6, 6.07) is 6.22. The zero-order chi connectivity index (χ0) is 13.9. The van der Waals surface area contributed by atoms with Gasteiger partial charge in [0.05, 0.1) is 0 Å². The highest BCUT2D eigenvalue weighted by molar-refractivity contribution is 7.99. The van der Waals surface area contributed by atoms with Crippen LogP contribution in [-0.2, 0) is 0 Å². The second-order valence-electron chi connectivity index (χ2n) is 5.29. The van der Waals surface area contributed by atoms with Gasteiger partial charge in [-0.25, -0.2) is 0 Å². The molecule has 2 N–H and O–H groups in total. The van der Waals surface area contributed by atoms with Crippen LogP contribution in [0.2, 0.25) is 0 Å². The van der Waals surface area contributed by atoms with Gasteiger partial charge in [-0.1, -0.05) is 57.9 Å². The summed E-state index contributed by atoms with van der Waals surface area (Å²) in [5.74, 6) is 1.22. The SMILES string of the molecule is CCCCCCCCCCSc1cccc(N)c1C. The molecule has 19 heavy (non-hydrogen) atoms. The van der Waals surface area contributed by atoms with E-state index < -0.39 is 0 Å². The van der Waals surface area contributed by atoms with E-state index >= 15 is 0 Å². The maximum Gasteiger partial charge on any atom is 0.0354 e. The predicted molar refractivity (Wildman–Crippen MR) is 88.9 cm³/mol. The van der Waals surface area contributed by atoms with Crippen LogP contribution in [0.1, 0.15) is 63.9 Å². The van der Waals surface area contributed by atoms with Gasteiger partial charge in [-0.3, -0.25) is 0 Å². The molecule has 0 aliphatic heterocycles. The molecular weight excluding hydrogens is 250 g/mol. The van der Waals surface area contributed by atoms with E-state index in [1.54, 1.807) is 0 Å². The van der Waals surface area contributed by atoms with Crippen molar-refractivity contribution in [1.82, 2.24) is 0 Å². The first-order valence-electron chi connectivity index (χ1n) is 7.73. The van der Waals surface area contributed by atoms with Crippen molar-refractivity contribution in [2.24, 2.45) is 0 Å². The smallest absolute Gasteiger partial charge is 0.0354 e. The molecule has 0 atom stereocenters. The molecule has 0 heterocycles. The van der Waals surface area contributed by atoms with Crippen molar-refractivity contribution in [3.63, 3.8) is 0 Å². The van der Waals surface area contributed by atoms with Crippen molar-refractivity contribution >= 4 is 17.4 Å². The molecule has 1 aromatic carbocycles. The molecule has 108 valence electrons. The molecule has 0 fully saturated rings.